The highest BCUT2D eigenvalue weighted by Gasteiger charge is 2.34. The van der Waals surface area contributed by atoms with Crippen LogP contribution in [0.3, 0.4) is 0 Å². The summed E-state index contributed by atoms with van der Waals surface area (Å²) in [5.41, 5.74) is 0.884. The van der Waals surface area contributed by atoms with Crippen LogP contribution in [0.1, 0.15) is 35.3 Å². The molecule has 1 heterocycles. The lowest BCUT2D eigenvalue weighted by Gasteiger charge is -2.38. The molecule has 0 aliphatic carbocycles. The van der Waals surface area contributed by atoms with Crippen LogP contribution >= 0.6 is 0 Å². The number of fused-ring (bicyclic) bond motifs is 1. The topological polar surface area (TPSA) is 94.1 Å². The molecule has 1 aliphatic heterocycles. The van der Waals surface area contributed by atoms with Gasteiger partial charge in [0.15, 0.2) is 0 Å². The van der Waals surface area contributed by atoms with Gasteiger partial charge in [-0.15, -0.1) is 0 Å². The fourth-order valence-corrected chi connectivity index (χ4v) is 4.83. The van der Waals surface area contributed by atoms with Crippen LogP contribution < -0.4 is 15.4 Å². The van der Waals surface area contributed by atoms with E-state index >= 15 is 0 Å². The number of urea groups is 1. The number of amides is 3. The standard InChI is InChI=1S/C31H34F4N4O4/c1-19-15-39(20(2)18-40)29(41)26-14-25(37-30(42)36-24-10-8-23(32)9-11-24)12-13-27(26)43-28(19)17-38(3)16-21-4-6-22(7-5-21)31(33,34)35/h4-14,19-20,28,40H,15-18H2,1-3H3,(H2,36,37,42)/t19-,20+,28+/m0/s1. The highest BCUT2D eigenvalue weighted by atomic mass is 19.4. The number of carbonyl (C=O) groups excluding carboxylic acids is 2. The van der Waals surface area contributed by atoms with Gasteiger partial charge in [-0.25, -0.2) is 9.18 Å². The maximum atomic E-state index is 13.6. The molecular formula is C31H34F4N4O4. The Morgan fingerprint density at radius 2 is 1.70 bits per heavy atom. The molecule has 3 aromatic rings. The number of aliphatic hydroxyl groups is 1. The maximum absolute atomic E-state index is 13.6. The van der Waals surface area contributed by atoms with Crippen molar-refractivity contribution in [2.45, 2.75) is 38.7 Å². The Morgan fingerprint density at radius 3 is 2.33 bits per heavy atom. The van der Waals surface area contributed by atoms with Crippen molar-refractivity contribution in [2.75, 3.05) is 37.4 Å². The molecule has 12 heteroatoms. The first-order valence-electron chi connectivity index (χ1n) is 13.7. The number of benzene rings is 3. The van der Waals surface area contributed by atoms with Crippen molar-refractivity contribution >= 4 is 23.3 Å². The number of aliphatic hydroxyl groups excluding tert-OH is 1. The third kappa shape index (κ3) is 8.23. The van der Waals surface area contributed by atoms with Gasteiger partial charge in [0.2, 0.25) is 0 Å². The molecule has 0 bridgehead atoms. The lowest BCUT2D eigenvalue weighted by Crippen LogP contribution is -2.49. The lowest BCUT2D eigenvalue weighted by atomic mass is 9.99. The molecule has 0 radical (unpaired) electrons. The van der Waals surface area contributed by atoms with E-state index in [1.165, 1.54) is 42.5 Å². The van der Waals surface area contributed by atoms with Crippen LogP contribution in [-0.2, 0) is 12.7 Å². The monoisotopic (exact) mass is 602 g/mol. The summed E-state index contributed by atoms with van der Waals surface area (Å²) in [4.78, 5) is 29.7. The normalized spacial score (nSPS) is 17.9. The summed E-state index contributed by atoms with van der Waals surface area (Å²) in [5, 5.41) is 15.1. The number of anilines is 2. The van der Waals surface area contributed by atoms with E-state index in [0.717, 1.165) is 12.1 Å². The number of alkyl halides is 3. The average Bonchev–Trinajstić information content (AvgIpc) is 2.95. The fraction of sp³-hybridized carbons (Fsp3) is 0.355. The molecule has 0 spiro atoms. The van der Waals surface area contributed by atoms with Crippen LogP contribution in [0.25, 0.3) is 0 Å². The van der Waals surface area contributed by atoms with Crippen molar-refractivity contribution in [3.05, 3.63) is 89.2 Å². The molecule has 3 N–H and O–H groups in total. The Hall–Kier alpha value is -4.16. The second kappa shape index (κ2) is 13.4. The molecule has 3 amide bonds. The molecule has 230 valence electrons. The van der Waals surface area contributed by atoms with Gasteiger partial charge >= 0.3 is 12.2 Å². The largest absolute Gasteiger partial charge is 0.488 e. The Balaban J connectivity index is 1.53. The Kier molecular flexibility index (Phi) is 9.92. The first kappa shape index (κ1) is 31.8. The molecule has 0 saturated heterocycles. The maximum Gasteiger partial charge on any atom is 0.416 e. The molecule has 1 aliphatic rings. The van der Waals surface area contributed by atoms with Crippen LogP contribution in [0, 0.1) is 11.7 Å². The first-order valence-corrected chi connectivity index (χ1v) is 13.7. The molecule has 0 aromatic heterocycles. The van der Waals surface area contributed by atoms with Gasteiger partial charge in [0.1, 0.15) is 17.7 Å². The molecule has 3 aromatic carbocycles. The number of ether oxygens (including phenoxy) is 1. The summed E-state index contributed by atoms with van der Waals surface area (Å²) >= 11 is 0. The zero-order valence-electron chi connectivity index (χ0n) is 24.0. The smallest absolute Gasteiger partial charge is 0.416 e. The van der Waals surface area contributed by atoms with Crippen LogP contribution in [0.5, 0.6) is 5.75 Å². The predicted molar refractivity (Wildman–Crippen MR) is 154 cm³/mol. The van der Waals surface area contributed by atoms with Crippen molar-refractivity contribution in [3.63, 3.8) is 0 Å². The van der Waals surface area contributed by atoms with Crippen molar-refractivity contribution in [3.8, 4) is 5.75 Å². The van der Waals surface area contributed by atoms with Crippen molar-refractivity contribution < 1.29 is 37.0 Å². The number of nitrogens with zero attached hydrogens (tertiary/aromatic N) is 2. The minimum Gasteiger partial charge on any atom is -0.488 e. The van der Waals surface area contributed by atoms with Gasteiger partial charge in [0.25, 0.3) is 5.91 Å². The lowest BCUT2D eigenvalue weighted by molar-refractivity contribution is -0.137. The molecule has 3 atom stereocenters. The minimum absolute atomic E-state index is 0.166. The molecule has 4 rings (SSSR count). The van der Waals surface area contributed by atoms with E-state index < -0.39 is 35.7 Å². The zero-order chi connectivity index (χ0) is 31.3. The van der Waals surface area contributed by atoms with Gasteiger partial charge in [0, 0.05) is 36.9 Å². The SMILES string of the molecule is C[C@H](CO)N1C[C@H](C)[C@@H](CN(C)Cc2ccc(C(F)(F)F)cc2)Oc2ccc(NC(=O)Nc3ccc(F)cc3)cc2C1=O. The summed E-state index contributed by atoms with van der Waals surface area (Å²) in [6.07, 6.45) is -4.82. The van der Waals surface area contributed by atoms with Crippen LogP contribution in [-0.4, -0.2) is 65.7 Å². The van der Waals surface area contributed by atoms with Gasteiger partial charge in [-0.05, 0) is 74.1 Å². The summed E-state index contributed by atoms with van der Waals surface area (Å²) in [6, 6.07) is 13.8. The quantitative estimate of drug-likeness (QED) is 0.282. The molecule has 8 nitrogen and oxygen atoms in total. The van der Waals surface area contributed by atoms with E-state index in [1.807, 2.05) is 18.9 Å². The van der Waals surface area contributed by atoms with E-state index in [0.29, 0.717) is 35.8 Å². The molecular weight excluding hydrogens is 568 g/mol. The number of hydrogen-bond acceptors (Lipinski definition) is 5. The van der Waals surface area contributed by atoms with Gasteiger partial charge in [-0.2, -0.15) is 13.2 Å². The highest BCUT2D eigenvalue weighted by Crippen LogP contribution is 2.32. The van der Waals surface area contributed by atoms with E-state index in [-0.39, 0.29) is 30.5 Å². The summed E-state index contributed by atoms with van der Waals surface area (Å²) < 4.78 is 58.4. The van der Waals surface area contributed by atoms with Gasteiger partial charge in [0.05, 0.1) is 23.8 Å². The Morgan fingerprint density at radius 1 is 1.07 bits per heavy atom. The molecule has 0 fully saturated rings. The van der Waals surface area contributed by atoms with E-state index in [4.69, 9.17) is 4.74 Å². The third-order valence-corrected chi connectivity index (χ3v) is 7.25. The third-order valence-electron chi connectivity index (χ3n) is 7.25. The van der Waals surface area contributed by atoms with Crippen molar-refractivity contribution in [2.24, 2.45) is 5.92 Å². The minimum atomic E-state index is -4.41. The second-order valence-electron chi connectivity index (χ2n) is 10.8. The van der Waals surface area contributed by atoms with E-state index in [2.05, 4.69) is 10.6 Å². The van der Waals surface area contributed by atoms with Gasteiger partial charge in [-0.1, -0.05) is 19.1 Å². The van der Waals surface area contributed by atoms with Gasteiger partial charge in [-0.3, -0.25) is 9.69 Å². The number of carbonyl (C=O) groups is 2. The number of nitrogens with one attached hydrogen (secondary N) is 2. The van der Waals surface area contributed by atoms with Crippen LogP contribution in [0.4, 0.5) is 33.7 Å². The number of halogens is 4. The zero-order valence-corrected chi connectivity index (χ0v) is 24.0. The van der Waals surface area contributed by atoms with Crippen LogP contribution in [0.15, 0.2) is 66.7 Å². The second-order valence-corrected chi connectivity index (χ2v) is 10.8. The number of hydrogen-bond donors (Lipinski definition) is 3. The van der Waals surface area contributed by atoms with Crippen molar-refractivity contribution in [1.82, 2.24) is 9.80 Å². The molecule has 0 saturated carbocycles. The molecule has 43 heavy (non-hydrogen) atoms. The number of likely N-dealkylation sites (N-methyl/N-ethyl adjacent to an activating group) is 1. The van der Waals surface area contributed by atoms with E-state index in [1.54, 1.807) is 24.0 Å². The highest BCUT2D eigenvalue weighted by molar-refractivity contribution is 6.02. The Bertz CT molecular complexity index is 1420. The average molecular weight is 603 g/mol. The first-order chi connectivity index (χ1) is 20.3. The number of rotatable bonds is 8. The summed E-state index contributed by atoms with van der Waals surface area (Å²) in [5.74, 6) is -0.682. The summed E-state index contributed by atoms with van der Waals surface area (Å²) in [7, 11) is 1.83. The van der Waals surface area contributed by atoms with Crippen LogP contribution in [0.2, 0.25) is 0 Å². The molecule has 0 unspecified atom stereocenters. The Labute approximate surface area is 247 Å². The fourth-order valence-electron chi connectivity index (χ4n) is 4.83. The predicted octanol–water partition coefficient (Wildman–Crippen LogP) is 5.84. The van der Waals surface area contributed by atoms with Crippen molar-refractivity contribution in [1.29, 1.82) is 0 Å². The summed E-state index contributed by atoms with van der Waals surface area (Å²) in [6.45, 7) is 4.46. The van der Waals surface area contributed by atoms with Gasteiger partial charge < -0.3 is 25.4 Å². The van der Waals surface area contributed by atoms with E-state index in [9.17, 15) is 32.3 Å².